The van der Waals surface area contributed by atoms with Crippen molar-refractivity contribution in [2.45, 2.75) is 12.7 Å². The van der Waals surface area contributed by atoms with Crippen LogP contribution < -0.4 is 31.9 Å². The quantitative estimate of drug-likeness (QED) is 0.0978. The minimum atomic E-state index is -3.92. The number of anilines is 3. The van der Waals surface area contributed by atoms with Gasteiger partial charge in [0, 0.05) is 41.5 Å². The smallest absolute Gasteiger partial charge is 0.231 e. The zero-order valence-electron chi connectivity index (χ0n) is 26.9. The van der Waals surface area contributed by atoms with Crippen LogP contribution in [0.3, 0.4) is 0 Å². The van der Waals surface area contributed by atoms with Gasteiger partial charge in [-0.25, -0.2) is 27.6 Å². The van der Waals surface area contributed by atoms with E-state index in [2.05, 4.69) is 21.2 Å². The van der Waals surface area contributed by atoms with Crippen LogP contribution in [0.5, 0.6) is 0 Å². The Labute approximate surface area is 292 Å². The highest BCUT2D eigenvalue weighted by molar-refractivity contribution is 7.92. The molecule has 258 valence electrons. The Kier molecular flexibility index (Phi) is 9.34. The molecule has 0 aliphatic carbocycles. The fourth-order valence-corrected chi connectivity index (χ4v) is 5.77. The number of para-hydroxylation sites is 1. The molecule has 4 aromatic carbocycles. The van der Waals surface area contributed by atoms with Gasteiger partial charge in [-0.1, -0.05) is 48.5 Å². The molecule has 0 spiro atoms. The van der Waals surface area contributed by atoms with Gasteiger partial charge < -0.3 is 16.1 Å². The van der Waals surface area contributed by atoms with E-state index < -0.39 is 33.2 Å². The van der Waals surface area contributed by atoms with Gasteiger partial charge in [0.05, 0.1) is 22.5 Å². The Morgan fingerprint density at radius 1 is 0.882 bits per heavy atom. The molecule has 1 aliphatic heterocycles. The van der Waals surface area contributed by atoms with Gasteiger partial charge in [-0.05, 0) is 66.2 Å². The molecule has 7 N–H and O–H groups in total. The number of nitrogens with two attached hydrogens (primary N) is 2. The fraction of sp³-hybridized carbons (Fsp3) is 0.0556. The largest absolute Gasteiger partial charge is 0.328 e. The number of ketones is 2. The van der Waals surface area contributed by atoms with Gasteiger partial charge in [0.25, 0.3) is 0 Å². The predicted octanol–water partition coefficient (Wildman–Crippen LogP) is 4.28. The summed E-state index contributed by atoms with van der Waals surface area (Å²) in [6.07, 6.45) is 4.13. The molecule has 0 bridgehead atoms. The van der Waals surface area contributed by atoms with Crippen LogP contribution >= 0.6 is 0 Å². The first-order valence-corrected chi connectivity index (χ1v) is 16.9. The number of nitrogens with zero attached hydrogens (tertiary/aromatic N) is 3. The van der Waals surface area contributed by atoms with E-state index in [-0.39, 0.29) is 34.0 Å². The second-order valence-electron chi connectivity index (χ2n) is 11.5. The lowest BCUT2D eigenvalue weighted by molar-refractivity contribution is -0.114. The first-order chi connectivity index (χ1) is 24.3. The van der Waals surface area contributed by atoms with Crippen molar-refractivity contribution < 1.29 is 27.2 Å². The van der Waals surface area contributed by atoms with Crippen molar-refractivity contribution in [1.29, 1.82) is 0 Å². The Hall–Kier alpha value is -6.42. The number of carbonyl (C=O) groups excluding carboxylic acids is 3. The van der Waals surface area contributed by atoms with Gasteiger partial charge in [0.15, 0.2) is 17.4 Å². The SMILES string of the molecule is CC(=O)Nc1cccc(C(=O)C2=CNN(c3ccccc3)C2(N)Nc2nn(-c3ccc(F)cc3)cc2C(=O)c2cccc(C=CS(N)(=O)=O)c2)c1. The van der Waals surface area contributed by atoms with E-state index in [0.29, 0.717) is 22.6 Å². The van der Waals surface area contributed by atoms with Crippen LogP contribution in [-0.2, 0) is 14.8 Å². The number of amides is 1. The summed E-state index contributed by atoms with van der Waals surface area (Å²) in [6.45, 7) is 1.35. The summed E-state index contributed by atoms with van der Waals surface area (Å²) in [6, 6.07) is 26.9. The predicted molar refractivity (Wildman–Crippen MR) is 191 cm³/mol. The molecule has 1 aromatic heterocycles. The Morgan fingerprint density at radius 2 is 1.57 bits per heavy atom. The Bertz CT molecular complexity index is 2330. The molecule has 1 atom stereocenters. The van der Waals surface area contributed by atoms with Crippen LogP contribution in [-0.4, -0.2) is 41.5 Å². The van der Waals surface area contributed by atoms with Gasteiger partial charge in [0.2, 0.25) is 21.7 Å². The summed E-state index contributed by atoms with van der Waals surface area (Å²) in [4.78, 5) is 40.1. The standard InChI is InChI=1S/C36H31FN8O5S/c1-23(46)41-28-10-6-9-26(20-28)34(48)32-21-40-45(30-11-3-2-4-12-30)36(32,38)42-35-31(22-44(43-35)29-15-13-27(37)14-16-29)33(47)25-8-5-7-24(19-25)17-18-51(39,49)50/h2-22,40H,38H2,1H3,(H,41,46)(H,42,43)(H2,39,49,50). The number of hydrazine groups is 1. The molecule has 0 saturated heterocycles. The van der Waals surface area contributed by atoms with Gasteiger partial charge in [-0.2, -0.15) is 0 Å². The molecule has 1 unspecified atom stereocenters. The second kappa shape index (κ2) is 13.8. The number of aromatic nitrogens is 2. The van der Waals surface area contributed by atoms with Crippen molar-refractivity contribution in [1.82, 2.24) is 15.2 Å². The third-order valence-electron chi connectivity index (χ3n) is 7.76. The molecule has 0 fully saturated rings. The minimum absolute atomic E-state index is 0.0242. The lowest BCUT2D eigenvalue weighted by Gasteiger charge is -2.38. The average Bonchev–Trinajstić information content (AvgIpc) is 3.67. The molecule has 1 amide bonds. The van der Waals surface area contributed by atoms with Crippen molar-refractivity contribution in [3.63, 3.8) is 0 Å². The van der Waals surface area contributed by atoms with E-state index in [1.165, 1.54) is 77.6 Å². The Balaban J connectivity index is 1.46. The first-order valence-electron chi connectivity index (χ1n) is 15.3. The summed E-state index contributed by atoms with van der Waals surface area (Å²) >= 11 is 0. The molecule has 2 heterocycles. The van der Waals surface area contributed by atoms with Crippen LogP contribution in [0.25, 0.3) is 11.8 Å². The maximum atomic E-state index is 14.2. The number of sulfonamides is 1. The minimum Gasteiger partial charge on any atom is -0.328 e. The molecule has 0 radical (unpaired) electrons. The fourth-order valence-electron chi connectivity index (χ4n) is 5.43. The molecule has 5 aromatic rings. The highest BCUT2D eigenvalue weighted by Crippen LogP contribution is 2.34. The number of hydrogen-bond acceptors (Lipinski definition) is 10. The van der Waals surface area contributed by atoms with Gasteiger partial charge in [-0.15, -0.1) is 5.10 Å². The number of Topliss-reactive ketones (excluding diaryl/α,β-unsaturated/α-hetero) is 1. The zero-order chi connectivity index (χ0) is 36.3. The maximum Gasteiger partial charge on any atom is 0.231 e. The molecule has 1 aliphatic rings. The maximum absolute atomic E-state index is 14.2. The van der Waals surface area contributed by atoms with Gasteiger partial charge >= 0.3 is 0 Å². The second-order valence-corrected chi connectivity index (χ2v) is 12.9. The number of halogens is 1. The van der Waals surface area contributed by atoms with Crippen molar-refractivity contribution in [3.05, 3.63) is 155 Å². The molecule has 0 saturated carbocycles. The summed E-state index contributed by atoms with van der Waals surface area (Å²) in [5.74, 6) is -3.73. The summed E-state index contributed by atoms with van der Waals surface area (Å²) < 4.78 is 38.2. The van der Waals surface area contributed by atoms with E-state index in [1.807, 2.05) is 6.07 Å². The average molecular weight is 707 g/mol. The molecular weight excluding hydrogens is 676 g/mol. The third-order valence-corrected chi connectivity index (χ3v) is 8.28. The van der Waals surface area contributed by atoms with Crippen molar-refractivity contribution >= 4 is 50.8 Å². The lowest BCUT2D eigenvalue weighted by Crippen LogP contribution is -2.64. The van der Waals surface area contributed by atoms with Crippen LogP contribution in [0.15, 0.2) is 127 Å². The Morgan fingerprint density at radius 3 is 2.25 bits per heavy atom. The van der Waals surface area contributed by atoms with Crippen molar-refractivity contribution in [2.75, 3.05) is 15.6 Å². The van der Waals surface area contributed by atoms with Crippen molar-refractivity contribution in [2.24, 2.45) is 10.9 Å². The van der Waals surface area contributed by atoms with E-state index in [0.717, 1.165) is 5.41 Å². The molecule has 15 heteroatoms. The number of hydrogen-bond donors (Lipinski definition) is 5. The van der Waals surface area contributed by atoms with Crippen LogP contribution in [0, 0.1) is 5.82 Å². The summed E-state index contributed by atoms with van der Waals surface area (Å²) in [5.41, 5.74) is 12.4. The van der Waals surface area contributed by atoms with E-state index in [1.54, 1.807) is 54.6 Å². The van der Waals surface area contributed by atoms with Crippen LogP contribution in [0.4, 0.5) is 21.6 Å². The van der Waals surface area contributed by atoms with Crippen LogP contribution in [0.2, 0.25) is 0 Å². The molecular formula is C36H31FN8O5S. The highest BCUT2D eigenvalue weighted by atomic mass is 32.2. The zero-order valence-corrected chi connectivity index (χ0v) is 27.8. The molecule has 13 nitrogen and oxygen atoms in total. The number of benzene rings is 4. The van der Waals surface area contributed by atoms with Crippen LogP contribution in [0.1, 0.15) is 38.8 Å². The van der Waals surface area contributed by atoms with E-state index >= 15 is 0 Å². The van der Waals surface area contributed by atoms with Gasteiger partial charge in [0.1, 0.15) is 5.82 Å². The number of nitrogens with one attached hydrogen (secondary N) is 3. The topological polar surface area (TPSA) is 195 Å². The number of carbonyl (C=O) groups is 3. The first kappa shape index (κ1) is 34.4. The van der Waals surface area contributed by atoms with E-state index in [9.17, 15) is 27.2 Å². The highest BCUT2D eigenvalue weighted by Gasteiger charge is 2.46. The van der Waals surface area contributed by atoms with E-state index in [4.69, 9.17) is 10.9 Å². The molecule has 51 heavy (non-hydrogen) atoms. The van der Waals surface area contributed by atoms with Crippen molar-refractivity contribution in [3.8, 4) is 5.69 Å². The number of rotatable bonds is 11. The lowest BCUT2D eigenvalue weighted by atomic mass is 9.97. The summed E-state index contributed by atoms with van der Waals surface area (Å²) in [7, 11) is -3.92. The normalized spacial score (nSPS) is 15.7. The third kappa shape index (κ3) is 7.60. The summed E-state index contributed by atoms with van der Waals surface area (Å²) in [5, 5.41) is 17.9. The monoisotopic (exact) mass is 706 g/mol. The van der Waals surface area contributed by atoms with Gasteiger partial charge in [-0.3, -0.25) is 20.1 Å². The number of primary sulfonamides is 1. The molecule has 6 rings (SSSR count).